The van der Waals surface area contributed by atoms with Gasteiger partial charge in [0.2, 0.25) is 11.8 Å². The van der Waals surface area contributed by atoms with Crippen LogP contribution < -0.4 is 10.9 Å². The summed E-state index contributed by atoms with van der Waals surface area (Å²) >= 11 is 1.57. The summed E-state index contributed by atoms with van der Waals surface area (Å²) in [5.41, 5.74) is 0.249. The Morgan fingerprint density at radius 2 is 2.11 bits per heavy atom. The predicted octanol–water partition coefficient (Wildman–Crippen LogP) is 3.16. The average molecular weight is 524 g/mol. The lowest BCUT2D eigenvalue weighted by Crippen LogP contribution is -2.51. The number of nitrogens with one attached hydrogen (secondary N) is 1. The summed E-state index contributed by atoms with van der Waals surface area (Å²) in [6, 6.07) is 3.79. The van der Waals surface area contributed by atoms with Gasteiger partial charge in [-0.15, -0.1) is 11.3 Å². The van der Waals surface area contributed by atoms with Crippen molar-refractivity contribution in [2.75, 3.05) is 19.6 Å². The third-order valence-electron chi connectivity index (χ3n) is 6.69. The number of carbonyl (C=O) groups excluding carboxylic acids is 1. The molecule has 3 aromatic rings. The molecule has 0 aromatic carbocycles. The van der Waals surface area contributed by atoms with Crippen LogP contribution in [0, 0.1) is 5.92 Å². The maximum absolute atomic E-state index is 13.1. The number of halogens is 2. The molecule has 1 amide bonds. The van der Waals surface area contributed by atoms with E-state index < -0.39 is 5.92 Å². The van der Waals surface area contributed by atoms with Gasteiger partial charge in [-0.2, -0.15) is 5.10 Å². The summed E-state index contributed by atoms with van der Waals surface area (Å²) in [7, 11) is 0. The molecule has 0 radical (unpaired) electrons. The van der Waals surface area contributed by atoms with Gasteiger partial charge < -0.3 is 15.3 Å². The smallest absolute Gasteiger partial charge is 0.291 e. The van der Waals surface area contributed by atoms with Gasteiger partial charge in [0.1, 0.15) is 22.7 Å². The maximum atomic E-state index is 13.1. The van der Waals surface area contributed by atoms with Crippen molar-refractivity contribution in [3.8, 4) is 0 Å². The molecule has 2 N–H and O–H groups in total. The second kappa shape index (κ2) is 10.6. The SMILES string of the molecule is CC(C)c1nn(CC(=O)N[C@@H]2CCCN(CC3CC(F)(F)C3)C2)c(=O)c2cc3ccsc3n12.O=CO. The van der Waals surface area contributed by atoms with Crippen LogP contribution in [0.5, 0.6) is 0 Å². The fourth-order valence-electron chi connectivity index (χ4n) is 5.16. The molecule has 12 heteroatoms. The van der Waals surface area contributed by atoms with E-state index in [0.717, 1.165) is 35.4 Å². The van der Waals surface area contributed by atoms with E-state index in [1.807, 2.05) is 35.8 Å². The lowest BCUT2D eigenvalue weighted by molar-refractivity contribution is -0.124. The van der Waals surface area contributed by atoms with Crippen LogP contribution in [0.1, 0.15) is 51.3 Å². The van der Waals surface area contributed by atoms with Crippen LogP contribution in [0.2, 0.25) is 0 Å². The van der Waals surface area contributed by atoms with E-state index in [9.17, 15) is 18.4 Å². The number of carboxylic acid groups (broad SMARTS) is 1. The van der Waals surface area contributed by atoms with Crippen LogP contribution in [-0.4, -0.2) is 68.2 Å². The second-order valence-corrected chi connectivity index (χ2v) is 10.8. The molecular formula is C24H31F2N5O4S. The molecule has 2 aliphatic rings. The molecule has 1 aliphatic heterocycles. The number of carbonyl (C=O) groups is 2. The van der Waals surface area contributed by atoms with Crippen LogP contribution in [0.4, 0.5) is 8.78 Å². The molecule has 0 bridgehead atoms. The molecule has 3 aromatic heterocycles. The standard InChI is InChI=1S/C23H29F2N5O2S.CH2O2/c1-14(2)20-27-29(21(32)18-8-16-5-7-33-22(16)30(18)20)13-19(31)26-17-4-3-6-28(12-17)11-15-9-23(24,25)10-15;2-1-3/h5,7-8,14-15,17H,3-4,6,9-13H2,1-2H3,(H,26,31);1H,(H,2,3)/t17-;/m1./s1. The van der Waals surface area contributed by atoms with Gasteiger partial charge in [0.05, 0.1) is 0 Å². The largest absolute Gasteiger partial charge is 0.483 e. The zero-order valence-electron chi connectivity index (χ0n) is 20.3. The zero-order chi connectivity index (χ0) is 26.0. The number of hydrogen-bond acceptors (Lipinski definition) is 6. The fraction of sp³-hybridized carbons (Fsp3) is 0.583. The average Bonchev–Trinajstić information content (AvgIpc) is 3.37. The Hall–Kier alpha value is -2.86. The number of amides is 1. The lowest BCUT2D eigenvalue weighted by Gasteiger charge is -2.41. The number of fused-ring (bicyclic) bond motifs is 3. The van der Waals surface area contributed by atoms with Crippen molar-refractivity contribution >= 4 is 39.4 Å². The first kappa shape index (κ1) is 26.2. The molecule has 1 saturated heterocycles. The van der Waals surface area contributed by atoms with E-state index >= 15 is 0 Å². The first-order valence-corrected chi connectivity index (χ1v) is 13.0. The Labute approximate surface area is 210 Å². The van der Waals surface area contributed by atoms with E-state index in [2.05, 4.69) is 15.3 Å². The zero-order valence-corrected chi connectivity index (χ0v) is 21.1. The van der Waals surface area contributed by atoms with Crippen LogP contribution in [-0.2, 0) is 16.1 Å². The van der Waals surface area contributed by atoms with E-state index in [-0.39, 0.29) is 55.2 Å². The molecule has 0 spiro atoms. The van der Waals surface area contributed by atoms with E-state index in [1.165, 1.54) is 4.68 Å². The molecular weight excluding hydrogens is 492 g/mol. The molecule has 1 saturated carbocycles. The number of nitrogens with zero attached hydrogens (tertiary/aromatic N) is 4. The minimum atomic E-state index is -2.50. The van der Waals surface area contributed by atoms with Crippen molar-refractivity contribution in [2.24, 2.45) is 5.92 Å². The monoisotopic (exact) mass is 523 g/mol. The number of piperidine rings is 1. The number of aromatic nitrogens is 3. The Bertz CT molecular complexity index is 1290. The van der Waals surface area contributed by atoms with Crippen molar-refractivity contribution < 1.29 is 23.5 Å². The first-order chi connectivity index (χ1) is 17.1. The summed E-state index contributed by atoms with van der Waals surface area (Å²) in [5.74, 6) is -1.89. The van der Waals surface area contributed by atoms with Gasteiger partial charge in [-0.3, -0.25) is 18.8 Å². The maximum Gasteiger partial charge on any atom is 0.291 e. The molecule has 36 heavy (non-hydrogen) atoms. The summed E-state index contributed by atoms with van der Waals surface area (Å²) in [5, 5.41) is 17.5. The van der Waals surface area contributed by atoms with Gasteiger partial charge >= 0.3 is 0 Å². The number of alkyl halides is 2. The molecule has 5 rings (SSSR count). The Morgan fingerprint density at radius 3 is 2.78 bits per heavy atom. The van der Waals surface area contributed by atoms with E-state index in [1.54, 1.807) is 11.3 Å². The highest BCUT2D eigenvalue weighted by molar-refractivity contribution is 7.16. The molecule has 9 nitrogen and oxygen atoms in total. The van der Waals surface area contributed by atoms with Gasteiger partial charge in [0.25, 0.3) is 12.0 Å². The van der Waals surface area contributed by atoms with Crippen LogP contribution in [0.15, 0.2) is 22.3 Å². The lowest BCUT2D eigenvalue weighted by atomic mass is 9.80. The number of rotatable bonds is 6. The number of hydrogen-bond donors (Lipinski definition) is 2. The topological polar surface area (TPSA) is 109 Å². The Morgan fingerprint density at radius 1 is 1.39 bits per heavy atom. The van der Waals surface area contributed by atoms with Gasteiger partial charge in [-0.25, -0.2) is 13.5 Å². The Kier molecular flexibility index (Phi) is 7.74. The normalized spacial score (nSPS) is 20.2. The van der Waals surface area contributed by atoms with Crippen LogP contribution in [0.3, 0.4) is 0 Å². The highest BCUT2D eigenvalue weighted by Crippen LogP contribution is 2.42. The van der Waals surface area contributed by atoms with Gasteiger partial charge in [-0.1, -0.05) is 13.8 Å². The van der Waals surface area contributed by atoms with Gasteiger partial charge in [0.15, 0.2) is 0 Å². The first-order valence-electron chi connectivity index (χ1n) is 12.1. The summed E-state index contributed by atoms with van der Waals surface area (Å²) < 4.78 is 29.4. The van der Waals surface area contributed by atoms with Crippen molar-refractivity contribution in [1.29, 1.82) is 0 Å². The fourth-order valence-corrected chi connectivity index (χ4v) is 6.07. The number of likely N-dealkylation sites (tertiary alicyclic amines) is 1. The quantitative estimate of drug-likeness (QED) is 0.481. The van der Waals surface area contributed by atoms with E-state index in [4.69, 9.17) is 9.90 Å². The van der Waals surface area contributed by atoms with Crippen molar-refractivity contribution in [1.82, 2.24) is 24.4 Å². The highest BCUT2D eigenvalue weighted by Gasteiger charge is 2.45. The van der Waals surface area contributed by atoms with Crippen LogP contribution in [0.25, 0.3) is 15.7 Å². The molecule has 2 fully saturated rings. The van der Waals surface area contributed by atoms with Gasteiger partial charge in [-0.05, 0) is 42.8 Å². The summed E-state index contributed by atoms with van der Waals surface area (Å²) in [6.07, 6.45) is 1.69. The van der Waals surface area contributed by atoms with Crippen LogP contribution >= 0.6 is 11.3 Å². The third-order valence-corrected chi connectivity index (χ3v) is 7.60. The minimum Gasteiger partial charge on any atom is -0.483 e. The second-order valence-electron chi connectivity index (χ2n) is 9.92. The number of thiophene rings is 1. The summed E-state index contributed by atoms with van der Waals surface area (Å²) in [6.45, 7) is 5.83. The Balaban J connectivity index is 0.000000967. The van der Waals surface area contributed by atoms with Gasteiger partial charge in [0, 0.05) is 43.3 Å². The highest BCUT2D eigenvalue weighted by atomic mass is 32.1. The molecule has 4 heterocycles. The molecule has 0 unspecified atom stereocenters. The van der Waals surface area contributed by atoms with Crippen molar-refractivity contribution in [3.63, 3.8) is 0 Å². The third kappa shape index (κ3) is 5.59. The predicted molar refractivity (Wildman–Crippen MR) is 133 cm³/mol. The van der Waals surface area contributed by atoms with E-state index in [0.29, 0.717) is 18.6 Å². The molecule has 1 aliphatic carbocycles. The molecule has 196 valence electrons. The summed E-state index contributed by atoms with van der Waals surface area (Å²) in [4.78, 5) is 37.4. The minimum absolute atomic E-state index is 0.0345. The van der Waals surface area contributed by atoms with Crippen molar-refractivity contribution in [2.45, 2.75) is 64.0 Å². The van der Waals surface area contributed by atoms with Crippen molar-refractivity contribution in [3.05, 3.63) is 33.7 Å². The molecule has 1 atom stereocenters.